The SMILES string of the molecule is CC(C)CC1(O)CCN(C(=O)c2ccc(NSc3cccc4ncc(N)nc34)cc2)CC1. The molecule has 4 rings (SSSR count). The van der Waals surface area contributed by atoms with Crippen LogP contribution >= 0.6 is 11.9 Å². The molecule has 0 unspecified atom stereocenters. The third-order valence-electron chi connectivity index (χ3n) is 5.73. The van der Waals surface area contributed by atoms with Gasteiger partial charge in [0.05, 0.1) is 22.2 Å². The van der Waals surface area contributed by atoms with Crippen LogP contribution in [0.5, 0.6) is 0 Å². The number of likely N-dealkylation sites (tertiary alicyclic amines) is 1. The van der Waals surface area contributed by atoms with E-state index in [9.17, 15) is 9.90 Å². The van der Waals surface area contributed by atoms with Crippen LogP contribution in [0.4, 0.5) is 11.5 Å². The monoisotopic (exact) mass is 451 g/mol. The number of piperidine rings is 1. The van der Waals surface area contributed by atoms with Crippen molar-refractivity contribution < 1.29 is 9.90 Å². The summed E-state index contributed by atoms with van der Waals surface area (Å²) < 4.78 is 3.30. The van der Waals surface area contributed by atoms with Gasteiger partial charge in [0.15, 0.2) is 0 Å². The van der Waals surface area contributed by atoms with Crippen molar-refractivity contribution in [1.82, 2.24) is 14.9 Å². The highest BCUT2D eigenvalue weighted by molar-refractivity contribution is 8.00. The first-order valence-electron chi connectivity index (χ1n) is 10.9. The summed E-state index contributed by atoms with van der Waals surface area (Å²) in [6.07, 6.45) is 3.59. The number of aliphatic hydroxyl groups is 1. The Kier molecular flexibility index (Phi) is 6.53. The smallest absolute Gasteiger partial charge is 0.253 e. The molecule has 1 aliphatic heterocycles. The van der Waals surface area contributed by atoms with E-state index in [1.54, 1.807) is 6.20 Å². The highest BCUT2D eigenvalue weighted by Crippen LogP contribution is 2.30. The molecule has 1 aromatic heterocycles. The third kappa shape index (κ3) is 5.14. The number of carbonyl (C=O) groups is 1. The molecule has 3 aromatic rings. The highest BCUT2D eigenvalue weighted by atomic mass is 32.2. The Hall–Kier alpha value is -2.84. The summed E-state index contributed by atoms with van der Waals surface area (Å²) in [7, 11) is 0. The Morgan fingerprint density at radius 2 is 1.94 bits per heavy atom. The van der Waals surface area contributed by atoms with Crippen molar-refractivity contribution in [2.24, 2.45) is 5.92 Å². The number of benzene rings is 2. The number of nitrogens with one attached hydrogen (secondary N) is 1. The van der Waals surface area contributed by atoms with Crippen molar-refractivity contribution in [3.8, 4) is 0 Å². The van der Waals surface area contributed by atoms with Crippen molar-refractivity contribution >= 4 is 40.4 Å². The van der Waals surface area contributed by atoms with Crippen molar-refractivity contribution in [2.45, 2.75) is 43.6 Å². The quantitative estimate of drug-likeness (QED) is 0.479. The molecule has 1 saturated heterocycles. The number of carbonyl (C=O) groups excluding carboxylic acids is 1. The predicted octanol–water partition coefficient (Wildman–Crippen LogP) is 4.34. The number of rotatable bonds is 6. The topological polar surface area (TPSA) is 104 Å². The molecule has 8 heteroatoms. The highest BCUT2D eigenvalue weighted by Gasteiger charge is 2.34. The summed E-state index contributed by atoms with van der Waals surface area (Å²) >= 11 is 1.43. The lowest BCUT2D eigenvalue weighted by Crippen LogP contribution is -2.47. The van der Waals surface area contributed by atoms with E-state index in [1.807, 2.05) is 47.4 Å². The zero-order valence-electron chi connectivity index (χ0n) is 18.4. The second-order valence-corrected chi connectivity index (χ2v) is 9.66. The first-order chi connectivity index (χ1) is 15.3. The van der Waals surface area contributed by atoms with Gasteiger partial charge in [-0.25, -0.2) is 4.98 Å². The maximum Gasteiger partial charge on any atom is 0.253 e. The van der Waals surface area contributed by atoms with Crippen molar-refractivity contribution in [3.05, 3.63) is 54.2 Å². The van der Waals surface area contributed by atoms with E-state index in [-0.39, 0.29) is 5.91 Å². The van der Waals surface area contributed by atoms with Crippen LogP contribution in [0.3, 0.4) is 0 Å². The van der Waals surface area contributed by atoms with E-state index in [4.69, 9.17) is 5.73 Å². The summed E-state index contributed by atoms with van der Waals surface area (Å²) in [5, 5.41) is 10.7. The van der Waals surface area contributed by atoms with E-state index in [1.165, 1.54) is 11.9 Å². The van der Waals surface area contributed by atoms with Crippen LogP contribution in [-0.2, 0) is 0 Å². The second kappa shape index (κ2) is 9.34. The van der Waals surface area contributed by atoms with Gasteiger partial charge in [0.25, 0.3) is 5.91 Å². The number of fused-ring (bicyclic) bond motifs is 1. The molecule has 0 radical (unpaired) electrons. The average Bonchev–Trinajstić information content (AvgIpc) is 2.77. The second-order valence-electron chi connectivity index (χ2n) is 8.81. The molecule has 7 nitrogen and oxygen atoms in total. The zero-order chi connectivity index (χ0) is 22.7. The molecule has 0 saturated carbocycles. The number of para-hydroxylation sites is 1. The predicted molar refractivity (Wildman–Crippen MR) is 129 cm³/mol. The van der Waals surface area contributed by atoms with Crippen LogP contribution < -0.4 is 10.5 Å². The molecule has 168 valence electrons. The van der Waals surface area contributed by atoms with Gasteiger partial charge in [-0.05, 0) is 73.5 Å². The Balaban J connectivity index is 1.37. The number of nitrogens with two attached hydrogens (primary N) is 1. The number of nitrogen functional groups attached to an aromatic ring is 1. The Bertz CT molecular complexity index is 1100. The number of aromatic nitrogens is 2. The molecular weight excluding hydrogens is 422 g/mol. The Morgan fingerprint density at radius 3 is 2.62 bits per heavy atom. The molecular formula is C24H29N5O2S. The first-order valence-corrected chi connectivity index (χ1v) is 11.7. The van der Waals surface area contributed by atoms with Crippen LogP contribution in [0, 0.1) is 5.92 Å². The van der Waals surface area contributed by atoms with Crippen LogP contribution in [-0.4, -0.2) is 44.6 Å². The minimum atomic E-state index is -0.646. The van der Waals surface area contributed by atoms with Gasteiger partial charge in [-0.2, -0.15) is 0 Å². The van der Waals surface area contributed by atoms with Crippen molar-refractivity contribution in [3.63, 3.8) is 0 Å². The molecule has 0 spiro atoms. The largest absolute Gasteiger partial charge is 0.390 e. The van der Waals surface area contributed by atoms with Crippen LogP contribution in [0.15, 0.2) is 53.6 Å². The van der Waals surface area contributed by atoms with E-state index >= 15 is 0 Å². The number of hydrogen-bond donors (Lipinski definition) is 3. The fourth-order valence-electron chi connectivity index (χ4n) is 4.17. The maximum absolute atomic E-state index is 12.9. The first kappa shape index (κ1) is 22.4. The molecule has 1 fully saturated rings. The van der Waals surface area contributed by atoms with Crippen molar-refractivity contribution in [2.75, 3.05) is 23.5 Å². The van der Waals surface area contributed by atoms with Crippen molar-refractivity contribution in [1.29, 1.82) is 0 Å². The zero-order valence-corrected chi connectivity index (χ0v) is 19.2. The molecule has 4 N–H and O–H groups in total. The van der Waals surface area contributed by atoms with Gasteiger partial charge in [0.2, 0.25) is 0 Å². The fourth-order valence-corrected chi connectivity index (χ4v) is 4.93. The van der Waals surface area contributed by atoms with Crippen LogP contribution in [0.1, 0.15) is 43.5 Å². The number of amides is 1. The normalized spacial score (nSPS) is 15.8. The summed E-state index contributed by atoms with van der Waals surface area (Å²) in [6.45, 7) is 5.41. The third-order valence-corrected chi connectivity index (χ3v) is 6.62. The summed E-state index contributed by atoms with van der Waals surface area (Å²) in [4.78, 5) is 24.4. The molecule has 0 bridgehead atoms. The summed E-state index contributed by atoms with van der Waals surface area (Å²) in [5.74, 6) is 0.836. The summed E-state index contributed by atoms with van der Waals surface area (Å²) in [6, 6.07) is 13.2. The number of hydrogen-bond acceptors (Lipinski definition) is 7. The Morgan fingerprint density at radius 1 is 1.22 bits per heavy atom. The van der Waals surface area contributed by atoms with Gasteiger partial charge in [-0.3, -0.25) is 9.78 Å². The van der Waals surface area contributed by atoms with E-state index in [0.717, 1.165) is 28.0 Å². The lowest BCUT2D eigenvalue weighted by Gasteiger charge is -2.39. The van der Waals surface area contributed by atoms with E-state index in [2.05, 4.69) is 28.5 Å². The molecule has 0 atom stereocenters. The van der Waals surface area contributed by atoms with Gasteiger partial charge in [0.1, 0.15) is 11.3 Å². The minimum Gasteiger partial charge on any atom is -0.390 e. The molecule has 2 heterocycles. The maximum atomic E-state index is 12.9. The minimum absolute atomic E-state index is 0.00982. The number of nitrogens with zero attached hydrogens (tertiary/aromatic N) is 3. The van der Waals surface area contributed by atoms with E-state index in [0.29, 0.717) is 43.2 Å². The fraction of sp³-hybridized carbons (Fsp3) is 0.375. The van der Waals surface area contributed by atoms with Gasteiger partial charge in [-0.1, -0.05) is 19.9 Å². The van der Waals surface area contributed by atoms with Gasteiger partial charge in [0, 0.05) is 24.3 Å². The number of anilines is 2. The Labute approximate surface area is 192 Å². The average molecular weight is 452 g/mol. The van der Waals surface area contributed by atoms with E-state index < -0.39 is 5.60 Å². The van der Waals surface area contributed by atoms with Crippen LogP contribution in [0.2, 0.25) is 0 Å². The molecule has 0 aliphatic carbocycles. The van der Waals surface area contributed by atoms with Gasteiger partial charge >= 0.3 is 0 Å². The van der Waals surface area contributed by atoms with Gasteiger partial charge in [-0.15, -0.1) is 0 Å². The summed E-state index contributed by atoms with van der Waals surface area (Å²) in [5.41, 5.74) is 8.21. The standard InChI is InChI=1S/C24H29N5O2S/c1-16(2)14-24(31)10-12-29(13-11-24)23(30)17-6-8-18(9-7-17)28-32-20-5-3-4-19-22(20)27-21(25)15-26-19/h3-9,15-16,28,31H,10-14H2,1-2H3,(H2,25,27). The van der Waals surface area contributed by atoms with Crippen LogP contribution in [0.25, 0.3) is 11.0 Å². The van der Waals surface area contributed by atoms with Gasteiger partial charge < -0.3 is 20.5 Å². The molecule has 1 amide bonds. The lowest BCUT2D eigenvalue weighted by atomic mass is 9.84. The molecule has 32 heavy (non-hydrogen) atoms. The molecule has 1 aliphatic rings. The lowest BCUT2D eigenvalue weighted by molar-refractivity contribution is -0.0311. The molecule has 2 aromatic carbocycles.